The number of amides is 2. The number of benzene rings is 3. The summed E-state index contributed by atoms with van der Waals surface area (Å²) in [7, 11) is -4.03. The highest BCUT2D eigenvalue weighted by Crippen LogP contribution is 2.25. The Morgan fingerprint density at radius 3 is 2.14 bits per heavy atom. The molecular weight excluding hydrogens is 556 g/mol. The van der Waals surface area contributed by atoms with Gasteiger partial charge in [-0.2, -0.15) is 0 Å². The van der Waals surface area contributed by atoms with Gasteiger partial charge in [0.2, 0.25) is 21.8 Å². The van der Waals surface area contributed by atoms with E-state index in [1.807, 2.05) is 60.7 Å². The second kappa shape index (κ2) is 14.1. The number of sulfonamides is 1. The molecule has 1 fully saturated rings. The average Bonchev–Trinajstić information content (AvgIpc) is 2.98. The van der Waals surface area contributed by atoms with Crippen LogP contribution in [0.15, 0.2) is 84.9 Å². The predicted octanol–water partition coefficient (Wildman–Crippen LogP) is 4.45. The van der Waals surface area contributed by atoms with Crippen LogP contribution < -0.4 is 9.62 Å². The molecular formula is C31H36N4O6S. The maximum Gasteiger partial charge on any atom is 0.271 e. The van der Waals surface area contributed by atoms with Crippen molar-refractivity contribution >= 4 is 33.2 Å². The quantitative estimate of drug-likeness (QED) is 0.244. The van der Waals surface area contributed by atoms with Crippen molar-refractivity contribution in [2.45, 2.75) is 57.2 Å². The lowest BCUT2D eigenvalue weighted by atomic mass is 9.94. The molecule has 1 atom stereocenters. The SMILES string of the molecule is CS(=O)(=O)N(CC(=O)N(Cc1ccccc1)[C@@H](Cc1ccccc1)C(=O)NC1CCCCC1)c1cccc([N+](=O)[O-])c1. The van der Waals surface area contributed by atoms with Crippen LogP contribution in [0.25, 0.3) is 0 Å². The number of carbonyl (C=O) groups is 2. The normalized spacial score (nSPS) is 14.5. The Bertz CT molecular complexity index is 1480. The highest BCUT2D eigenvalue weighted by atomic mass is 32.2. The molecule has 10 nitrogen and oxygen atoms in total. The molecule has 0 heterocycles. The number of carbonyl (C=O) groups excluding carboxylic acids is 2. The van der Waals surface area contributed by atoms with E-state index in [-0.39, 0.29) is 36.3 Å². The minimum absolute atomic E-state index is 0.00835. The zero-order valence-corrected chi connectivity index (χ0v) is 24.4. The number of non-ortho nitro benzene ring substituents is 1. The Hall–Kier alpha value is -4.25. The van der Waals surface area contributed by atoms with E-state index in [2.05, 4.69) is 5.32 Å². The molecule has 0 saturated heterocycles. The molecule has 4 rings (SSSR count). The summed E-state index contributed by atoms with van der Waals surface area (Å²) in [5.74, 6) is -0.896. The summed E-state index contributed by atoms with van der Waals surface area (Å²) in [6.07, 6.45) is 6.07. The minimum atomic E-state index is -4.03. The summed E-state index contributed by atoms with van der Waals surface area (Å²) in [5.41, 5.74) is 1.32. The van der Waals surface area contributed by atoms with E-state index < -0.39 is 33.4 Å². The van der Waals surface area contributed by atoms with Crippen molar-refractivity contribution < 1.29 is 22.9 Å². The van der Waals surface area contributed by atoms with Gasteiger partial charge in [-0.15, -0.1) is 0 Å². The molecule has 1 saturated carbocycles. The third-order valence-corrected chi connectivity index (χ3v) is 8.57. The molecule has 222 valence electrons. The highest BCUT2D eigenvalue weighted by molar-refractivity contribution is 7.92. The van der Waals surface area contributed by atoms with E-state index in [1.54, 1.807) is 0 Å². The smallest absolute Gasteiger partial charge is 0.271 e. The minimum Gasteiger partial charge on any atom is -0.352 e. The number of nitro benzene ring substituents is 1. The summed E-state index contributed by atoms with van der Waals surface area (Å²) < 4.78 is 26.6. The van der Waals surface area contributed by atoms with Crippen LogP contribution >= 0.6 is 0 Å². The van der Waals surface area contributed by atoms with E-state index in [0.717, 1.165) is 59.9 Å². The highest BCUT2D eigenvalue weighted by Gasteiger charge is 2.34. The molecule has 1 aliphatic carbocycles. The molecule has 1 N–H and O–H groups in total. The van der Waals surface area contributed by atoms with Gasteiger partial charge in [0.15, 0.2) is 0 Å². The molecule has 0 radical (unpaired) electrons. The Morgan fingerprint density at radius 2 is 1.55 bits per heavy atom. The molecule has 0 unspecified atom stereocenters. The number of hydrogen-bond donors (Lipinski definition) is 1. The van der Waals surface area contributed by atoms with E-state index in [1.165, 1.54) is 23.1 Å². The first-order valence-electron chi connectivity index (χ1n) is 14.0. The van der Waals surface area contributed by atoms with Crippen molar-refractivity contribution in [3.63, 3.8) is 0 Å². The van der Waals surface area contributed by atoms with Gasteiger partial charge in [-0.05, 0) is 30.0 Å². The number of hydrogen-bond acceptors (Lipinski definition) is 6. The topological polar surface area (TPSA) is 130 Å². The first-order valence-corrected chi connectivity index (χ1v) is 15.9. The van der Waals surface area contributed by atoms with E-state index in [0.29, 0.717) is 0 Å². The van der Waals surface area contributed by atoms with Crippen LogP contribution in [0.3, 0.4) is 0 Å². The van der Waals surface area contributed by atoms with Gasteiger partial charge in [-0.3, -0.25) is 24.0 Å². The summed E-state index contributed by atoms with van der Waals surface area (Å²) in [5, 5.41) is 14.5. The summed E-state index contributed by atoms with van der Waals surface area (Å²) in [4.78, 5) is 40.2. The second-order valence-corrected chi connectivity index (χ2v) is 12.5. The molecule has 0 aliphatic heterocycles. The summed E-state index contributed by atoms with van der Waals surface area (Å²) in [6, 6.07) is 22.8. The maximum absolute atomic E-state index is 14.1. The summed E-state index contributed by atoms with van der Waals surface area (Å²) in [6.45, 7) is -0.559. The monoisotopic (exact) mass is 592 g/mol. The Balaban J connectivity index is 1.72. The number of anilines is 1. The molecule has 0 bridgehead atoms. The maximum atomic E-state index is 14.1. The molecule has 11 heteroatoms. The molecule has 0 aromatic heterocycles. The van der Waals surface area contributed by atoms with Crippen LogP contribution in [0.1, 0.15) is 43.2 Å². The van der Waals surface area contributed by atoms with Gasteiger partial charge in [0.1, 0.15) is 12.6 Å². The van der Waals surface area contributed by atoms with Crippen LogP contribution in [-0.2, 0) is 32.6 Å². The first kappa shape index (κ1) is 30.7. The lowest BCUT2D eigenvalue weighted by Gasteiger charge is -2.35. The molecule has 3 aromatic rings. The Labute approximate surface area is 246 Å². The first-order chi connectivity index (χ1) is 20.1. The molecule has 1 aliphatic rings. The van der Waals surface area contributed by atoms with Gasteiger partial charge in [-0.1, -0.05) is 86.0 Å². The van der Waals surface area contributed by atoms with Gasteiger partial charge >= 0.3 is 0 Å². The molecule has 42 heavy (non-hydrogen) atoms. The number of nitrogens with zero attached hydrogens (tertiary/aromatic N) is 3. The second-order valence-electron chi connectivity index (χ2n) is 10.6. The van der Waals surface area contributed by atoms with Crippen LogP contribution in [0.2, 0.25) is 0 Å². The fourth-order valence-corrected chi connectivity index (χ4v) is 6.10. The number of nitrogens with one attached hydrogen (secondary N) is 1. The van der Waals surface area contributed by atoms with Crippen LogP contribution in [-0.4, -0.2) is 54.9 Å². The fourth-order valence-electron chi connectivity index (χ4n) is 5.25. The average molecular weight is 593 g/mol. The third-order valence-electron chi connectivity index (χ3n) is 7.43. The van der Waals surface area contributed by atoms with Crippen molar-refractivity contribution in [2.75, 3.05) is 17.1 Å². The third kappa shape index (κ3) is 8.39. The van der Waals surface area contributed by atoms with E-state index in [9.17, 15) is 28.1 Å². The Morgan fingerprint density at radius 1 is 0.929 bits per heavy atom. The van der Waals surface area contributed by atoms with Crippen molar-refractivity contribution in [3.8, 4) is 0 Å². The van der Waals surface area contributed by atoms with Gasteiger partial charge in [-0.25, -0.2) is 8.42 Å². The van der Waals surface area contributed by atoms with E-state index in [4.69, 9.17) is 0 Å². The number of rotatable bonds is 12. The van der Waals surface area contributed by atoms with Gasteiger partial charge < -0.3 is 10.2 Å². The van der Waals surface area contributed by atoms with Crippen molar-refractivity contribution in [3.05, 3.63) is 106 Å². The standard InChI is InChI=1S/C31H36N4O6S/c1-42(40,41)34(27-18-11-19-28(21-27)35(38)39)23-30(36)33(22-25-14-7-3-8-15-25)29(20-24-12-5-2-6-13-24)31(37)32-26-16-9-4-10-17-26/h2-3,5-8,11-15,18-19,21,26,29H,4,9-10,16-17,20,22-23H2,1H3,(H,32,37)/t29-/m0/s1. The lowest BCUT2D eigenvalue weighted by Crippen LogP contribution is -2.55. The molecule has 3 aromatic carbocycles. The predicted molar refractivity (Wildman–Crippen MR) is 161 cm³/mol. The van der Waals surface area contributed by atoms with Gasteiger partial charge in [0.25, 0.3) is 5.69 Å². The van der Waals surface area contributed by atoms with Crippen molar-refractivity contribution in [1.82, 2.24) is 10.2 Å². The van der Waals surface area contributed by atoms with Crippen LogP contribution in [0.5, 0.6) is 0 Å². The largest absolute Gasteiger partial charge is 0.352 e. The fraction of sp³-hybridized carbons (Fsp3) is 0.355. The van der Waals surface area contributed by atoms with E-state index >= 15 is 0 Å². The van der Waals surface area contributed by atoms with Crippen LogP contribution in [0.4, 0.5) is 11.4 Å². The van der Waals surface area contributed by atoms with Crippen LogP contribution in [0, 0.1) is 10.1 Å². The van der Waals surface area contributed by atoms with Crippen molar-refractivity contribution in [2.24, 2.45) is 0 Å². The lowest BCUT2D eigenvalue weighted by molar-refractivity contribution is -0.384. The zero-order valence-electron chi connectivity index (χ0n) is 23.6. The zero-order chi connectivity index (χ0) is 30.1. The molecule has 0 spiro atoms. The number of nitro groups is 1. The van der Waals surface area contributed by atoms with Gasteiger partial charge in [0.05, 0.1) is 16.9 Å². The van der Waals surface area contributed by atoms with Gasteiger partial charge in [0, 0.05) is 31.1 Å². The Kier molecular flexibility index (Phi) is 10.3. The molecule has 2 amide bonds. The summed E-state index contributed by atoms with van der Waals surface area (Å²) >= 11 is 0. The van der Waals surface area contributed by atoms with Crippen molar-refractivity contribution in [1.29, 1.82) is 0 Å².